The SMILES string of the molecule is Cc1cc(F)c([N+](=O)[O-])cc1S(=O)(=O)NCC(C)CO. The predicted octanol–water partition coefficient (Wildman–Crippen LogP) is 0.949. The van der Waals surface area contributed by atoms with Gasteiger partial charge in [0.25, 0.3) is 0 Å². The Kier molecular flexibility index (Phi) is 5.15. The molecule has 1 aromatic rings. The zero-order valence-electron chi connectivity index (χ0n) is 11.0. The second-order valence-corrected chi connectivity index (χ2v) is 6.20. The van der Waals surface area contributed by atoms with Gasteiger partial charge in [0.1, 0.15) is 0 Å². The zero-order valence-corrected chi connectivity index (χ0v) is 11.8. The smallest absolute Gasteiger partial charge is 0.306 e. The molecule has 1 rings (SSSR count). The van der Waals surface area contributed by atoms with Crippen LogP contribution in [-0.2, 0) is 10.0 Å². The van der Waals surface area contributed by atoms with Crippen LogP contribution in [0.2, 0.25) is 0 Å². The molecular weight excluding hydrogens is 291 g/mol. The Labute approximate surface area is 115 Å². The third-order valence-corrected chi connectivity index (χ3v) is 4.23. The van der Waals surface area contributed by atoms with Gasteiger partial charge < -0.3 is 5.11 Å². The predicted molar refractivity (Wildman–Crippen MR) is 69.2 cm³/mol. The van der Waals surface area contributed by atoms with Gasteiger partial charge in [-0.2, -0.15) is 4.39 Å². The number of halogens is 1. The van der Waals surface area contributed by atoms with Crippen molar-refractivity contribution in [3.05, 3.63) is 33.6 Å². The number of benzene rings is 1. The quantitative estimate of drug-likeness (QED) is 0.600. The fourth-order valence-electron chi connectivity index (χ4n) is 1.47. The number of aliphatic hydroxyl groups excluding tert-OH is 1. The Bertz CT molecular complexity index is 617. The summed E-state index contributed by atoms with van der Waals surface area (Å²) in [6.45, 7) is 2.74. The highest BCUT2D eigenvalue weighted by Gasteiger charge is 2.24. The first kappa shape index (κ1) is 16.5. The molecule has 1 atom stereocenters. The molecule has 7 nitrogen and oxygen atoms in total. The van der Waals surface area contributed by atoms with Crippen molar-refractivity contribution in [1.82, 2.24) is 4.72 Å². The summed E-state index contributed by atoms with van der Waals surface area (Å²) < 4.78 is 39.6. The average Bonchev–Trinajstić information content (AvgIpc) is 2.35. The van der Waals surface area contributed by atoms with Crippen LogP contribution in [0.5, 0.6) is 0 Å². The molecule has 0 aliphatic carbocycles. The Morgan fingerprint density at radius 1 is 1.50 bits per heavy atom. The molecule has 0 saturated heterocycles. The summed E-state index contributed by atoms with van der Waals surface area (Å²) in [4.78, 5) is 9.31. The molecule has 2 N–H and O–H groups in total. The average molecular weight is 306 g/mol. The first-order valence-corrected chi connectivity index (χ1v) is 7.22. The summed E-state index contributed by atoms with van der Waals surface area (Å²) in [6, 6.07) is 1.50. The van der Waals surface area contributed by atoms with Gasteiger partial charge in [-0.05, 0) is 24.5 Å². The normalized spacial score (nSPS) is 13.2. The van der Waals surface area contributed by atoms with Crippen molar-refractivity contribution in [2.45, 2.75) is 18.7 Å². The summed E-state index contributed by atoms with van der Waals surface area (Å²) in [5.41, 5.74) is -0.830. The number of aliphatic hydroxyl groups is 1. The van der Waals surface area contributed by atoms with Gasteiger partial charge in [-0.3, -0.25) is 10.1 Å². The third-order valence-electron chi connectivity index (χ3n) is 2.66. The molecule has 0 aromatic heterocycles. The van der Waals surface area contributed by atoms with E-state index >= 15 is 0 Å². The van der Waals surface area contributed by atoms with E-state index in [4.69, 9.17) is 5.11 Å². The summed E-state index contributed by atoms with van der Waals surface area (Å²) in [5.74, 6) is -1.39. The van der Waals surface area contributed by atoms with Crippen LogP contribution < -0.4 is 4.72 Å². The lowest BCUT2D eigenvalue weighted by Gasteiger charge is -2.12. The maximum atomic E-state index is 13.3. The molecule has 112 valence electrons. The Balaban J connectivity index is 3.18. The number of hydrogen-bond donors (Lipinski definition) is 2. The Morgan fingerprint density at radius 2 is 2.10 bits per heavy atom. The Hall–Kier alpha value is -1.58. The lowest BCUT2D eigenvalue weighted by atomic mass is 10.2. The van der Waals surface area contributed by atoms with E-state index in [1.807, 2.05) is 0 Å². The molecule has 0 bridgehead atoms. The first-order chi connectivity index (χ1) is 9.19. The van der Waals surface area contributed by atoms with Crippen molar-refractivity contribution >= 4 is 15.7 Å². The molecule has 0 saturated carbocycles. The number of nitrogens with one attached hydrogen (secondary N) is 1. The number of rotatable bonds is 6. The van der Waals surface area contributed by atoms with Gasteiger partial charge in [0.05, 0.1) is 9.82 Å². The van der Waals surface area contributed by atoms with Crippen LogP contribution in [0.4, 0.5) is 10.1 Å². The topological polar surface area (TPSA) is 110 Å². The molecule has 1 unspecified atom stereocenters. The largest absolute Gasteiger partial charge is 0.396 e. The minimum atomic E-state index is -4.00. The highest BCUT2D eigenvalue weighted by Crippen LogP contribution is 2.25. The molecule has 20 heavy (non-hydrogen) atoms. The monoisotopic (exact) mass is 306 g/mol. The second kappa shape index (κ2) is 6.25. The number of hydrogen-bond acceptors (Lipinski definition) is 5. The van der Waals surface area contributed by atoms with E-state index in [2.05, 4.69) is 4.72 Å². The molecule has 0 amide bonds. The van der Waals surface area contributed by atoms with Gasteiger partial charge in [0.2, 0.25) is 15.8 Å². The van der Waals surface area contributed by atoms with E-state index in [-0.39, 0.29) is 29.5 Å². The highest BCUT2D eigenvalue weighted by atomic mass is 32.2. The molecule has 0 heterocycles. The van der Waals surface area contributed by atoms with E-state index in [9.17, 15) is 22.9 Å². The minimum Gasteiger partial charge on any atom is -0.396 e. The maximum absolute atomic E-state index is 13.3. The van der Waals surface area contributed by atoms with Crippen LogP contribution in [0.3, 0.4) is 0 Å². The summed E-state index contributed by atoms with van der Waals surface area (Å²) in [6.07, 6.45) is 0. The molecule has 0 aliphatic rings. The molecule has 0 radical (unpaired) electrons. The number of nitro benzene ring substituents is 1. The molecule has 1 aromatic carbocycles. The van der Waals surface area contributed by atoms with Gasteiger partial charge >= 0.3 is 5.69 Å². The summed E-state index contributed by atoms with van der Waals surface area (Å²) in [7, 11) is -4.00. The third kappa shape index (κ3) is 3.71. The fraction of sp³-hybridized carbons (Fsp3) is 0.455. The van der Waals surface area contributed by atoms with Gasteiger partial charge in [-0.15, -0.1) is 0 Å². The fourth-order valence-corrected chi connectivity index (χ4v) is 2.87. The molecule has 9 heteroatoms. The van der Waals surface area contributed by atoms with Crippen molar-refractivity contribution in [1.29, 1.82) is 0 Å². The van der Waals surface area contributed by atoms with E-state index < -0.39 is 26.5 Å². The first-order valence-electron chi connectivity index (χ1n) is 5.74. The summed E-state index contributed by atoms with van der Waals surface area (Å²) >= 11 is 0. The van der Waals surface area contributed by atoms with E-state index in [0.717, 1.165) is 6.07 Å². The van der Waals surface area contributed by atoms with Crippen LogP contribution in [0, 0.1) is 28.8 Å². The van der Waals surface area contributed by atoms with Gasteiger partial charge in [0, 0.05) is 19.2 Å². The molecule has 0 aliphatic heterocycles. The molecule has 0 spiro atoms. The van der Waals surface area contributed by atoms with E-state index in [0.29, 0.717) is 6.07 Å². The molecule has 0 fully saturated rings. The maximum Gasteiger partial charge on any atom is 0.306 e. The lowest BCUT2D eigenvalue weighted by Crippen LogP contribution is -2.30. The summed E-state index contributed by atoms with van der Waals surface area (Å²) in [5, 5.41) is 19.5. The van der Waals surface area contributed by atoms with Crippen molar-refractivity contribution in [2.75, 3.05) is 13.2 Å². The van der Waals surface area contributed by atoms with Crippen molar-refractivity contribution in [2.24, 2.45) is 5.92 Å². The standard InChI is InChI=1S/C11H15FN2O5S/c1-7(6-15)5-13-20(18,19)11-4-10(14(16)17)9(12)3-8(11)2/h3-4,7,13,15H,5-6H2,1-2H3. The number of nitro groups is 1. The van der Waals surface area contributed by atoms with E-state index in [1.54, 1.807) is 6.92 Å². The second-order valence-electron chi connectivity index (χ2n) is 4.47. The number of sulfonamides is 1. The van der Waals surface area contributed by atoms with Crippen LogP contribution in [0.1, 0.15) is 12.5 Å². The van der Waals surface area contributed by atoms with Crippen LogP contribution in [-0.4, -0.2) is 31.6 Å². The number of nitrogens with zero attached hydrogens (tertiary/aromatic N) is 1. The highest BCUT2D eigenvalue weighted by molar-refractivity contribution is 7.89. The van der Waals surface area contributed by atoms with E-state index in [1.165, 1.54) is 6.92 Å². The van der Waals surface area contributed by atoms with Gasteiger partial charge in [0.15, 0.2) is 0 Å². The van der Waals surface area contributed by atoms with Crippen molar-refractivity contribution in [3.63, 3.8) is 0 Å². The van der Waals surface area contributed by atoms with Gasteiger partial charge in [-0.1, -0.05) is 6.92 Å². The zero-order chi connectivity index (χ0) is 15.5. The van der Waals surface area contributed by atoms with Gasteiger partial charge in [-0.25, -0.2) is 13.1 Å². The van der Waals surface area contributed by atoms with Crippen LogP contribution in [0.15, 0.2) is 17.0 Å². The Morgan fingerprint density at radius 3 is 2.60 bits per heavy atom. The molecular formula is C11H15FN2O5S. The van der Waals surface area contributed by atoms with Crippen LogP contribution in [0.25, 0.3) is 0 Å². The lowest BCUT2D eigenvalue weighted by molar-refractivity contribution is -0.387. The van der Waals surface area contributed by atoms with Crippen molar-refractivity contribution < 1.29 is 22.8 Å². The minimum absolute atomic E-state index is 0.0244. The van der Waals surface area contributed by atoms with Crippen LogP contribution >= 0.6 is 0 Å². The number of aryl methyl sites for hydroxylation is 1. The van der Waals surface area contributed by atoms with Crippen molar-refractivity contribution in [3.8, 4) is 0 Å².